The number of aliphatic hydroxyl groups is 1. The second-order valence-corrected chi connectivity index (χ2v) is 4.17. The van der Waals surface area contributed by atoms with Gasteiger partial charge in [0.05, 0.1) is 12.7 Å². The Morgan fingerprint density at radius 2 is 1.76 bits per heavy atom. The fraction of sp³-hybridized carbons (Fsp3) is 0.700. The number of nitrogens with zero attached hydrogens (tertiary/aromatic N) is 3. The average Bonchev–Trinajstić information content (AvgIpc) is 2.25. The largest absolute Gasteiger partial charge is 0.467 e. The van der Waals surface area contributed by atoms with Gasteiger partial charge in [-0.05, 0) is 20.8 Å². The van der Waals surface area contributed by atoms with Crippen molar-refractivity contribution in [2.75, 3.05) is 30.8 Å². The normalized spacial score (nSPS) is 11.1. The highest BCUT2D eigenvalue weighted by molar-refractivity contribution is 5.35. The van der Waals surface area contributed by atoms with E-state index in [0.717, 1.165) is 0 Å². The van der Waals surface area contributed by atoms with Crippen molar-refractivity contribution >= 4 is 11.9 Å². The van der Waals surface area contributed by atoms with Gasteiger partial charge in [-0.15, -0.1) is 0 Å². The predicted octanol–water partition coefficient (Wildman–Crippen LogP) is 0.495. The first-order valence-corrected chi connectivity index (χ1v) is 5.45. The summed E-state index contributed by atoms with van der Waals surface area (Å²) in [4.78, 5) is 12.2. The van der Waals surface area contributed by atoms with Gasteiger partial charge in [0, 0.05) is 13.1 Å². The first-order valence-electron chi connectivity index (χ1n) is 5.45. The summed E-state index contributed by atoms with van der Waals surface area (Å²) in [6.45, 7) is 6.39. The number of nitrogens with one attached hydrogen (secondary N) is 2. The SMILES string of the molecule is CCNc1nc(NCC(C)(C)O)nc(OC)n1. The lowest BCUT2D eigenvalue weighted by Crippen LogP contribution is -2.30. The molecular weight excluding hydrogens is 222 g/mol. The fourth-order valence-corrected chi connectivity index (χ4v) is 1.06. The smallest absolute Gasteiger partial charge is 0.322 e. The van der Waals surface area contributed by atoms with Gasteiger partial charge >= 0.3 is 6.01 Å². The zero-order chi connectivity index (χ0) is 12.9. The Morgan fingerprint density at radius 1 is 1.18 bits per heavy atom. The molecule has 7 heteroatoms. The van der Waals surface area contributed by atoms with E-state index in [2.05, 4.69) is 25.6 Å². The van der Waals surface area contributed by atoms with E-state index < -0.39 is 5.60 Å². The number of rotatable bonds is 6. The van der Waals surface area contributed by atoms with Crippen LogP contribution in [-0.4, -0.2) is 45.9 Å². The fourth-order valence-electron chi connectivity index (χ4n) is 1.06. The lowest BCUT2D eigenvalue weighted by atomic mass is 10.1. The molecule has 0 aliphatic heterocycles. The molecule has 0 fully saturated rings. The Kier molecular flexibility index (Phi) is 4.45. The summed E-state index contributed by atoms with van der Waals surface area (Å²) < 4.78 is 4.97. The van der Waals surface area contributed by atoms with Gasteiger partial charge in [-0.1, -0.05) is 0 Å². The van der Waals surface area contributed by atoms with Crippen molar-refractivity contribution in [2.45, 2.75) is 26.4 Å². The Balaban J connectivity index is 2.79. The standard InChI is InChI=1S/C10H19N5O2/c1-5-11-7-13-8(12-6-10(2,3)16)15-9(14-7)17-4/h16H,5-6H2,1-4H3,(H2,11,12,13,14,15). The number of anilines is 2. The first-order chi connectivity index (χ1) is 7.94. The van der Waals surface area contributed by atoms with Crippen molar-refractivity contribution in [1.82, 2.24) is 15.0 Å². The highest BCUT2D eigenvalue weighted by Gasteiger charge is 2.13. The van der Waals surface area contributed by atoms with Gasteiger partial charge in [-0.2, -0.15) is 15.0 Å². The number of ether oxygens (including phenoxy) is 1. The highest BCUT2D eigenvalue weighted by Crippen LogP contribution is 2.11. The van der Waals surface area contributed by atoms with E-state index in [4.69, 9.17) is 4.74 Å². The van der Waals surface area contributed by atoms with E-state index >= 15 is 0 Å². The van der Waals surface area contributed by atoms with Gasteiger partial charge in [-0.25, -0.2) is 0 Å². The molecule has 0 saturated heterocycles. The molecule has 0 aromatic carbocycles. The third-order valence-electron chi connectivity index (χ3n) is 1.81. The van der Waals surface area contributed by atoms with Crippen molar-refractivity contribution in [3.8, 4) is 6.01 Å². The topological polar surface area (TPSA) is 92.2 Å². The number of aromatic nitrogens is 3. The van der Waals surface area contributed by atoms with Crippen molar-refractivity contribution < 1.29 is 9.84 Å². The molecule has 1 heterocycles. The van der Waals surface area contributed by atoms with Crippen molar-refractivity contribution in [3.05, 3.63) is 0 Å². The number of hydrogen-bond donors (Lipinski definition) is 3. The Hall–Kier alpha value is -1.63. The monoisotopic (exact) mass is 241 g/mol. The van der Waals surface area contributed by atoms with Crippen LogP contribution in [-0.2, 0) is 0 Å². The molecule has 3 N–H and O–H groups in total. The zero-order valence-electron chi connectivity index (χ0n) is 10.6. The van der Waals surface area contributed by atoms with E-state index in [1.54, 1.807) is 13.8 Å². The van der Waals surface area contributed by atoms with E-state index in [1.165, 1.54) is 7.11 Å². The minimum Gasteiger partial charge on any atom is -0.467 e. The third-order valence-corrected chi connectivity index (χ3v) is 1.81. The Morgan fingerprint density at radius 3 is 2.24 bits per heavy atom. The van der Waals surface area contributed by atoms with Crippen LogP contribution in [0.2, 0.25) is 0 Å². The van der Waals surface area contributed by atoms with E-state index in [-0.39, 0.29) is 6.01 Å². The summed E-state index contributed by atoms with van der Waals surface area (Å²) >= 11 is 0. The minimum absolute atomic E-state index is 0.231. The maximum atomic E-state index is 9.60. The van der Waals surface area contributed by atoms with Crippen LogP contribution >= 0.6 is 0 Å². The molecule has 0 aliphatic rings. The first kappa shape index (κ1) is 13.4. The van der Waals surface area contributed by atoms with Crippen LogP contribution in [0.1, 0.15) is 20.8 Å². The van der Waals surface area contributed by atoms with Gasteiger partial charge in [0.25, 0.3) is 0 Å². The van der Waals surface area contributed by atoms with E-state index in [1.807, 2.05) is 6.92 Å². The second kappa shape index (κ2) is 5.62. The molecule has 0 radical (unpaired) electrons. The quantitative estimate of drug-likeness (QED) is 0.667. The molecule has 0 bridgehead atoms. The molecule has 17 heavy (non-hydrogen) atoms. The molecule has 1 aromatic rings. The van der Waals surface area contributed by atoms with Gasteiger partial charge in [0.1, 0.15) is 0 Å². The molecule has 0 aliphatic carbocycles. The van der Waals surface area contributed by atoms with Crippen molar-refractivity contribution in [2.24, 2.45) is 0 Å². The Labute approximate surface area is 101 Å². The van der Waals surface area contributed by atoms with Gasteiger partial charge < -0.3 is 20.5 Å². The average molecular weight is 241 g/mol. The molecule has 1 rings (SSSR count). The summed E-state index contributed by atoms with van der Waals surface area (Å²) in [5.41, 5.74) is -0.835. The summed E-state index contributed by atoms with van der Waals surface area (Å²) in [6, 6.07) is 0.231. The third kappa shape index (κ3) is 4.81. The number of hydrogen-bond acceptors (Lipinski definition) is 7. The Bertz CT molecular complexity index is 364. The van der Waals surface area contributed by atoms with Crippen molar-refractivity contribution in [3.63, 3.8) is 0 Å². The predicted molar refractivity (Wildman–Crippen MR) is 65.3 cm³/mol. The lowest BCUT2D eigenvalue weighted by Gasteiger charge is -2.17. The molecule has 0 saturated carbocycles. The van der Waals surface area contributed by atoms with Gasteiger partial charge in [0.15, 0.2) is 0 Å². The number of methoxy groups -OCH3 is 1. The molecule has 7 nitrogen and oxygen atoms in total. The van der Waals surface area contributed by atoms with Gasteiger partial charge in [0.2, 0.25) is 11.9 Å². The van der Waals surface area contributed by atoms with E-state index in [9.17, 15) is 5.11 Å². The minimum atomic E-state index is -0.835. The van der Waals surface area contributed by atoms with Gasteiger partial charge in [-0.3, -0.25) is 0 Å². The maximum absolute atomic E-state index is 9.60. The molecule has 0 unspecified atom stereocenters. The summed E-state index contributed by atoms with van der Waals surface area (Å²) in [6.07, 6.45) is 0. The van der Waals surface area contributed by atoms with Crippen LogP contribution in [0.15, 0.2) is 0 Å². The van der Waals surface area contributed by atoms with Crippen molar-refractivity contribution in [1.29, 1.82) is 0 Å². The molecule has 1 aromatic heterocycles. The van der Waals surface area contributed by atoms with E-state index in [0.29, 0.717) is 25.0 Å². The van der Waals surface area contributed by atoms with Crippen LogP contribution in [0.3, 0.4) is 0 Å². The van der Waals surface area contributed by atoms with Crippen LogP contribution in [0.25, 0.3) is 0 Å². The van der Waals surface area contributed by atoms with Crippen LogP contribution in [0.4, 0.5) is 11.9 Å². The molecule has 0 spiro atoms. The van der Waals surface area contributed by atoms with Crippen LogP contribution < -0.4 is 15.4 Å². The second-order valence-electron chi connectivity index (χ2n) is 4.17. The summed E-state index contributed by atoms with van der Waals surface area (Å²) in [7, 11) is 1.49. The summed E-state index contributed by atoms with van der Waals surface area (Å²) in [5.74, 6) is 0.813. The van der Waals surface area contributed by atoms with Crippen LogP contribution in [0, 0.1) is 0 Å². The molecule has 96 valence electrons. The zero-order valence-corrected chi connectivity index (χ0v) is 10.6. The molecular formula is C10H19N5O2. The van der Waals surface area contributed by atoms with Crippen LogP contribution in [0.5, 0.6) is 6.01 Å². The highest BCUT2D eigenvalue weighted by atomic mass is 16.5. The summed E-state index contributed by atoms with van der Waals surface area (Å²) in [5, 5.41) is 15.5. The molecule has 0 atom stereocenters. The molecule has 0 amide bonds. The maximum Gasteiger partial charge on any atom is 0.322 e. The lowest BCUT2D eigenvalue weighted by molar-refractivity contribution is 0.0943.